The van der Waals surface area contributed by atoms with E-state index < -0.39 is 0 Å². The highest BCUT2D eigenvalue weighted by Gasteiger charge is 2.21. The van der Waals surface area contributed by atoms with E-state index >= 15 is 0 Å². The quantitative estimate of drug-likeness (QED) is 0.769. The van der Waals surface area contributed by atoms with Crippen molar-refractivity contribution in [2.24, 2.45) is 0 Å². The number of nitrogens with one attached hydrogen (secondary N) is 1. The molecule has 0 bridgehead atoms. The number of benzene rings is 2. The number of anilines is 2. The average molecular weight is 352 g/mol. The van der Waals surface area contributed by atoms with Gasteiger partial charge in [0.05, 0.1) is 6.61 Å². The van der Waals surface area contributed by atoms with E-state index in [1.165, 1.54) is 5.56 Å². The zero-order valence-corrected chi connectivity index (χ0v) is 15.0. The first-order valence-corrected chi connectivity index (χ1v) is 9.01. The van der Waals surface area contributed by atoms with Gasteiger partial charge in [-0.05, 0) is 56.2 Å². The van der Waals surface area contributed by atoms with E-state index in [2.05, 4.69) is 5.32 Å². The van der Waals surface area contributed by atoms with Gasteiger partial charge in [0, 0.05) is 30.8 Å². The van der Waals surface area contributed by atoms with Gasteiger partial charge in [0.15, 0.2) is 0 Å². The Morgan fingerprint density at radius 1 is 1.12 bits per heavy atom. The van der Waals surface area contributed by atoms with Crippen LogP contribution in [-0.4, -0.2) is 25.0 Å². The van der Waals surface area contributed by atoms with Gasteiger partial charge in [-0.2, -0.15) is 0 Å². The summed E-state index contributed by atoms with van der Waals surface area (Å²) in [6.07, 6.45) is 2.57. The lowest BCUT2D eigenvalue weighted by Gasteiger charge is -2.16. The molecule has 1 fully saturated rings. The van der Waals surface area contributed by atoms with Crippen molar-refractivity contribution in [2.75, 3.05) is 23.4 Å². The Hall–Kier alpha value is -2.82. The van der Waals surface area contributed by atoms with E-state index in [4.69, 9.17) is 4.74 Å². The highest BCUT2D eigenvalue weighted by Crippen LogP contribution is 2.23. The topological polar surface area (TPSA) is 58.6 Å². The summed E-state index contributed by atoms with van der Waals surface area (Å²) in [7, 11) is 0. The third-order valence-corrected chi connectivity index (χ3v) is 4.37. The maximum absolute atomic E-state index is 12.0. The fourth-order valence-electron chi connectivity index (χ4n) is 2.93. The van der Waals surface area contributed by atoms with Crippen LogP contribution in [0.5, 0.6) is 5.75 Å². The molecule has 5 nitrogen and oxygen atoms in total. The van der Waals surface area contributed by atoms with E-state index in [0.717, 1.165) is 30.1 Å². The van der Waals surface area contributed by atoms with Crippen LogP contribution in [0.4, 0.5) is 11.4 Å². The van der Waals surface area contributed by atoms with Gasteiger partial charge >= 0.3 is 0 Å². The van der Waals surface area contributed by atoms with Crippen LogP contribution in [0.2, 0.25) is 0 Å². The molecule has 0 radical (unpaired) electrons. The Bertz CT molecular complexity index is 754. The van der Waals surface area contributed by atoms with Crippen LogP contribution in [0, 0.1) is 6.92 Å². The van der Waals surface area contributed by atoms with E-state index in [1.807, 2.05) is 55.5 Å². The van der Waals surface area contributed by atoms with Gasteiger partial charge in [-0.1, -0.05) is 17.7 Å². The van der Waals surface area contributed by atoms with Crippen LogP contribution < -0.4 is 15.0 Å². The van der Waals surface area contributed by atoms with Gasteiger partial charge in [0.2, 0.25) is 11.8 Å². The molecular weight excluding hydrogens is 328 g/mol. The molecule has 136 valence electrons. The van der Waals surface area contributed by atoms with Gasteiger partial charge in [-0.3, -0.25) is 9.59 Å². The Morgan fingerprint density at radius 2 is 1.85 bits per heavy atom. The minimum Gasteiger partial charge on any atom is -0.494 e. The number of amides is 2. The fraction of sp³-hybridized carbons (Fsp3) is 0.333. The normalized spacial score (nSPS) is 13.7. The molecule has 2 aromatic rings. The van der Waals surface area contributed by atoms with Crippen LogP contribution in [0.1, 0.15) is 31.2 Å². The zero-order valence-electron chi connectivity index (χ0n) is 15.0. The smallest absolute Gasteiger partial charge is 0.227 e. The number of nitrogens with zero attached hydrogens (tertiary/aromatic N) is 1. The van der Waals surface area contributed by atoms with E-state index in [0.29, 0.717) is 25.9 Å². The minimum atomic E-state index is -0.0393. The van der Waals surface area contributed by atoms with Gasteiger partial charge in [0.1, 0.15) is 5.75 Å². The average Bonchev–Trinajstić information content (AvgIpc) is 3.07. The summed E-state index contributed by atoms with van der Waals surface area (Å²) >= 11 is 0. The molecular formula is C21H24N2O3. The summed E-state index contributed by atoms with van der Waals surface area (Å²) < 4.78 is 5.63. The second-order valence-corrected chi connectivity index (χ2v) is 6.51. The van der Waals surface area contributed by atoms with Crippen molar-refractivity contribution >= 4 is 23.2 Å². The number of ether oxygens (including phenoxy) is 1. The van der Waals surface area contributed by atoms with Crippen LogP contribution in [0.25, 0.3) is 0 Å². The number of hydrogen-bond donors (Lipinski definition) is 1. The summed E-state index contributed by atoms with van der Waals surface area (Å²) in [5.74, 6) is 0.945. The van der Waals surface area contributed by atoms with Crippen molar-refractivity contribution in [1.82, 2.24) is 0 Å². The lowest BCUT2D eigenvalue weighted by molar-refractivity contribution is -0.117. The van der Waals surface area contributed by atoms with Crippen molar-refractivity contribution in [2.45, 2.75) is 32.6 Å². The van der Waals surface area contributed by atoms with Gasteiger partial charge in [-0.15, -0.1) is 0 Å². The van der Waals surface area contributed by atoms with Crippen LogP contribution in [0.3, 0.4) is 0 Å². The van der Waals surface area contributed by atoms with Crippen molar-refractivity contribution in [1.29, 1.82) is 0 Å². The summed E-state index contributed by atoms with van der Waals surface area (Å²) in [6, 6.07) is 15.3. The number of rotatable bonds is 7. The van der Waals surface area contributed by atoms with E-state index in [1.54, 1.807) is 4.90 Å². The summed E-state index contributed by atoms with van der Waals surface area (Å²) in [5.41, 5.74) is 2.82. The molecule has 2 amide bonds. The van der Waals surface area contributed by atoms with Gasteiger partial charge in [0.25, 0.3) is 0 Å². The molecule has 0 saturated carbocycles. The van der Waals surface area contributed by atoms with Crippen molar-refractivity contribution in [3.8, 4) is 5.75 Å². The molecule has 26 heavy (non-hydrogen) atoms. The SMILES string of the molecule is Cc1ccc(OCCCC(=O)Nc2ccc(N3CCCC3=O)cc2)cc1. The van der Waals surface area contributed by atoms with Crippen molar-refractivity contribution in [3.63, 3.8) is 0 Å². The van der Waals surface area contributed by atoms with Crippen molar-refractivity contribution in [3.05, 3.63) is 54.1 Å². The highest BCUT2D eigenvalue weighted by atomic mass is 16.5. The maximum atomic E-state index is 12.0. The lowest BCUT2D eigenvalue weighted by atomic mass is 10.2. The molecule has 1 N–H and O–H groups in total. The highest BCUT2D eigenvalue weighted by molar-refractivity contribution is 5.96. The first kappa shape index (κ1) is 18.0. The largest absolute Gasteiger partial charge is 0.494 e. The number of carbonyl (C=O) groups excluding carboxylic acids is 2. The van der Waals surface area contributed by atoms with Crippen molar-refractivity contribution < 1.29 is 14.3 Å². The molecule has 0 atom stereocenters. The van der Waals surface area contributed by atoms with Crippen LogP contribution in [-0.2, 0) is 9.59 Å². The number of carbonyl (C=O) groups is 2. The van der Waals surface area contributed by atoms with Gasteiger partial charge in [-0.25, -0.2) is 0 Å². The van der Waals surface area contributed by atoms with E-state index in [9.17, 15) is 9.59 Å². The number of aryl methyl sites for hydroxylation is 1. The molecule has 3 rings (SSSR count). The summed E-state index contributed by atoms with van der Waals surface area (Å²) in [5, 5.41) is 2.88. The maximum Gasteiger partial charge on any atom is 0.227 e. The lowest BCUT2D eigenvalue weighted by Crippen LogP contribution is -2.23. The third-order valence-electron chi connectivity index (χ3n) is 4.37. The zero-order chi connectivity index (χ0) is 18.4. The Kier molecular flexibility index (Phi) is 5.89. The number of hydrogen-bond acceptors (Lipinski definition) is 3. The molecule has 1 aliphatic rings. The Labute approximate surface area is 154 Å². The first-order chi connectivity index (χ1) is 12.6. The summed E-state index contributed by atoms with van der Waals surface area (Å²) in [6.45, 7) is 3.31. The molecule has 2 aromatic carbocycles. The second-order valence-electron chi connectivity index (χ2n) is 6.51. The predicted molar refractivity (Wildman–Crippen MR) is 103 cm³/mol. The van der Waals surface area contributed by atoms with Gasteiger partial charge < -0.3 is 15.0 Å². The van der Waals surface area contributed by atoms with Crippen LogP contribution in [0.15, 0.2) is 48.5 Å². The molecule has 0 aromatic heterocycles. The monoisotopic (exact) mass is 352 g/mol. The first-order valence-electron chi connectivity index (χ1n) is 9.01. The second kappa shape index (κ2) is 8.52. The molecule has 0 aliphatic carbocycles. The Morgan fingerprint density at radius 3 is 2.50 bits per heavy atom. The third kappa shape index (κ3) is 4.85. The predicted octanol–water partition coefficient (Wildman–Crippen LogP) is 3.92. The van der Waals surface area contributed by atoms with Crippen LogP contribution >= 0.6 is 0 Å². The molecule has 0 spiro atoms. The molecule has 0 unspecified atom stereocenters. The summed E-state index contributed by atoms with van der Waals surface area (Å²) in [4.78, 5) is 25.6. The molecule has 5 heteroatoms. The van der Waals surface area contributed by atoms with E-state index in [-0.39, 0.29) is 11.8 Å². The standard InChI is InChI=1S/C21H24N2O3/c1-16-6-12-19(13-7-16)26-15-3-4-20(24)22-17-8-10-18(11-9-17)23-14-2-5-21(23)25/h6-13H,2-5,14-15H2,1H3,(H,22,24). The molecule has 1 heterocycles. The molecule has 1 saturated heterocycles. The Balaban J connectivity index is 1.40. The molecule has 1 aliphatic heterocycles. The minimum absolute atomic E-state index is 0.0393. The fourth-order valence-corrected chi connectivity index (χ4v) is 2.93.